The normalized spacial score (nSPS) is 16.1. The minimum absolute atomic E-state index is 0.656. The fourth-order valence-corrected chi connectivity index (χ4v) is 3.70. The van der Waals surface area contributed by atoms with Gasteiger partial charge in [0.05, 0.1) is 17.3 Å². The lowest BCUT2D eigenvalue weighted by Crippen LogP contribution is -2.10. The molecule has 0 saturated carbocycles. The van der Waals surface area contributed by atoms with Crippen LogP contribution in [-0.4, -0.2) is 23.1 Å². The number of hydrogen-bond acceptors (Lipinski definition) is 4. The van der Waals surface area contributed by atoms with Gasteiger partial charge in [0, 0.05) is 23.7 Å². The SMILES string of the molecule is Cc1ccc(-c2cnc(CC[C@@H]3CCNC3)nc2-c2ccc(C#N)cc2)cc1. The monoisotopic (exact) mass is 368 g/mol. The van der Waals surface area contributed by atoms with E-state index in [2.05, 4.69) is 47.6 Å². The fraction of sp³-hybridized carbons (Fsp3) is 0.292. The summed E-state index contributed by atoms with van der Waals surface area (Å²) in [5.74, 6) is 1.61. The van der Waals surface area contributed by atoms with Gasteiger partial charge in [-0.2, -0.15) is 5.26 Å². The molecular weight excluding hydrogens is 344 g/mol. The number of nitrogens with zero attached hydrogens (tertiary/aromatic N) is 3. The molecule has 4 heteroatoms. The predicted octanol–water partition coefficient (Wildman–Crippen LogP) is 4.53. The zero-order chi connectivity index (χ0) is 19.3. The van der Waals surface area contributed by atoms with Crippen molar-refractivity contribution >= 4 is 0 Å². The standard InChI is InChI=1S/C24H24N4/c1-17-2-7-20(8-3-17)22-16-27-23(11-6-19-12-13-26-15-19)28-24(22)21-9-4-18(14-25)5-10-21/h2-5,7-10,16,19,26H,6,11-13,15H2,1H3/t19-/m1/s1. The summed E-state index contributed by atoms with van der Waals surface area (Å²) >= 11 is 0. The Morgan fingerprint density at radius 1 is 1.07 bits per heavy atom. The molecule has 1 atom stereocenters. The number of aromatic nitrogens is 2. The van der Waals surface area contributed by atoms with E-state index >= 15 is 0 Å². The Kier molecular flexibility index (Phi) is 5.45. The van der Waals surface area contributed by atoms with Crippen molar-refractivity contribution in [3.8, 4) is 28.5 Å². The average Bonchev–Trinajstić information content (AvgIpc) is 3.27. The van der Waals surface area contributed by atoms with Crippen LogP contribution in [0.4, 0.5) is 0 Å². The molecule has 140 valence electrons. The number of nitrogens with one attached hydrogen (secondary N) is 1. The highest BCUT2D eigenvalue weighted by atomic mass is 14.9. The lowest BCUT2D eigenvalue weighted by molar-refractivity contribution is 0.525. The summed E-state index contributed by atoms with van der Waals surface area (Å²) in [5, 5.41) is 12.5. The second-order valence-corrected chi connectivity index (χ2v) is 7.50. The Balaban J connectivity index is 1.69. The summed E-state index contributed by atoms with van der Waals surface area (Å²) in [6.07, 6.45) is 5.20. The van der Waals surface area contributed by atoms with Gasteiger partial charge in [-0.25, -0.2) is 9.97 Å². The van der Waals surface area contributed by atoms with Gasteiger partial charge in [0.15, 0.2) is 0 Å². The van der Waals surface area contributed by atoms with Crippen molar-refractivity contribution in [3.05, 3.63) is 71.7 Å². The molecule has 0 radical (unpaired) electrons. The second-order valence-electron chi connectivity index (χ2n) is 7.50. The molecule has 0 amide bonds. The van der Waals surface area contributed by atoms with E-state index < -0.39 is 0 Å². The summed E-state index contributed by atoms with van der Waals surface area (Å²) in [7, 11) is 0. The van der Waals surface area contributed by atoms with Gasteiger partial charge in [0.25, 0.3) is 0 Å². The maximum atomic E-state index is 9.09. The Morgan fingerprint density at radius 2 is 1.82 bits per heavy atom. The van der Waals surface area contributed by atoms with Crippen molar-refractivity contribution in [3.63, 3.8) is 0 Å². The molecule has 2 heterocycles. The predicted molar refractivity (Wildman–Crippen MR) is 112 cm³/mol. The highest BCUT2D eigenvalue weighted by molar-refractivity contribution is 5.80. The van der Waals surface area contributed by atoms with Gasteiger partial charge in [-0.1, -0.05) is 42.0 Å². The molecule has 1 aliphatic rings. The Labute approximate surface area is 166 Å². The summed E-state index contributed by atoms with van der Waals surface area (Å²) in [6.45, 7) is 4.31. The van der Waals surface area contributed by atoms with Gasteiger partial charge in [0.1, 0.15) is 5.82 Å². The summed E-state index contributed by atoms with van der Waals surface area (Å²) in [5.41, 5.74) is 5.96. The van der Waals surface area contributed by atoms with Crippen LogP contribution in [0.5, 0.6) is 0 Å². The molecule has 1 saturated heterocycles. The lowest BCUT2D eigenvalue weighted by atomic mass is 9.98. The van der Waals surface area contributed by atoms with Gasteiger partial charge >= 0.3 is 0 Å². The van der Waals surface area contributed by atoms with E-state index in [1.807, 2.05) is 30.5 Å². The third kappa shape index (κ3) is 4.11. The van der Waals surface area contributed by atoms with Crippen LogP contribution in [0.25, 0.3) is 22.4 Å². The first kappa shape index (κ1) is 18.3. The first-order valence-electron chi connectivity index (χ1n) is 9.87. The first-order chi connectivity index (χ1) is 13.7. The molecule has 1 fully saturated rings. The second kappa shape index (κ2) is 8.33. The maximum Gasteiger partial charge on any atom is 0.129 e. The lowest BCUT2D eigenvalue weighted by Gasteiger charge is -2.12. The molecule has 3 aromatic rings. The summed E-state index contributed by atoms with van der Waals surface area (Å²) in [4.78, 5) is 9.62. The van der Waals surface area contributed by atoms with Crippen LogP contribution in [0.1, 0.15) is 29.8 Å². The molecular formula is C24H24N4. The largest absolute Gasteiger partial charge is 0.316 e. The van der Waals surface area contributed by atoms with Crippen LogP contribution in [0.2, 0.25) is 0 Å². The zero-order valence-electron chi connectivity index (χ0n) is 16.2. The van der Waals surface area contributed by atoms with Crippen molar-refractivity contribution in [1.82, 2.24) is 15.3 Å². The van der Waals surface area contributed by atoms with Crippen LogP contribution in [0.15, 0.2) is 54.7 Å². The highest BCUT2D eigenvalue weighted by Crippen LogP contribution is 2.31. The van der Waals surface area contributed by atoms with Gasteiger partial charge < -0.3 is 5.32 Å². The van der Waals surface area contributed by atoms with Gasteiger partial charge in [-0.05, 0) is 56.5 Å². The third-order valence-electron chi connectivity index (χ3n) is 5.43. The van der Waals surface area contributed by atoms with Crippen LogP contribution >= 0.6 is 0 Å². The van der Waals surface area contributed by atoms with E-state index in [1.165, 1.54) is 12.0 Å². The average molecular weight is 368 g/mol. The van der Waals surface area contributed by atoms with Crippen molar-refractivity contribution < 1.29 is 0 Å². The Morgan fingerprint density at radius 3 is 2.50 bits per heavy atom. The molecule has 1 aliphatic heterocycles. The van der Waals surface area contributed by atoms with Crippen LogP contribution in [0.3, 0.4) is 0 Å². The third-order valence-corrected chi connectivity index (χ3v) is 5.43. The molecule has 4 rings (SSSR count). The summed E-state index contributed by atoms with van der Waals surface area (Å²) in [6, 6.07) is 18.3. The van der Waals surface area contributed by atoms with Gasteiger partial charge in [-0.3, -0.25) is 0 Å². The van der Waals surface area contributed by atoms with Crippen molar-refractivity contribution in [1.29, 1.82) is 5.26 Å². The van der Waals surface area contributed by atoms with Gasteiger partial charge in [-0.15, -0.1) is 0 Å². The molecule has 0 bridgehead atoms. The van der Waals surface area contributed by atoms with Crippen LogP contribution < -0.4 is 5.32 Å². The Bertz CT molecular complexity index is 979. The maximum absolute atomic E-state index is 9.09. The first-order valence-corrected chi connectivity index (χ1v) is 9.87. The minimum atomic E-state index is 0.656. The number of aryl methyl sites for hydroxylation is 2. The minimum Gasteiger partial charge on any atom is -0.316 e. The molecule has 1 N–H and O–H groups in total. The zero-order valence-corrected chi connectivity index (χ0v) is 16.2. The molecule has 0 aliphatic carbocycles. The van der Waals surface area contributed by atoms with E-state index in [0.717, 1.165) is 60.1 Å². The molecule has 28 heavy (non-hydrogen) atoms. The van der Waals surface area contributed by atoms with E-state index in [1.54, 1.807) is 0 Å². The van der Waals surface area contributed by atoms with Crippen molar-refractivity contribution in [2.24, 2.45) is 5.92 Å². The number of hydrogen-bond donors (Lipinski definition) is 1. The molecule has 0 spiro atoms. The van der Waals surface area contributed by atoms with Gasteiger partial charge in [0.2, 0.25) is 0 Å². The van der Waals surface area contributed by atoms with Crippen molar-refractivity contribution in [2.75, 3.05) is 13.1 Å². The van der Waals surface area contributed by atoms with E-state index in [4.69, 9.17) is 10.2 Å². The quantitative estimate of drug-likeness (QED) is 0.718. The summed E-state index contributed by atoms with van der Waals surface area (Å²) < 4.78 is 0. The molecule has 1 aromatic heterocycles. The van der Waals surface area contributed by atoms with E-state index in [0.29, 0.717) is 5.56 Å². The van der Waals surface area contributed by atoms with Crippen molar-refractivity contribution in [2.45, 2.75) is 26.2 Å². The van der Waals surface area contributed by atoms with E-state index in [9.17, 15) is 0 Å². The Hall–Kier alpha value is -3.03. The highest BCUT2D eigenvalue weighted by Gasteiger charge is 2.16. The van der Waals surface area contributed by atoms with E-state index in [-0.39, 0.29) is 0 Å². The number of rotatable bonds is 5. The van der Waals surface area contributed by atoms with Crippen LogP contribution in [-0.2, 0) is 6.42 Å². The van der Waals surface area contributed by atoms with Crippen LogP contribution in [0, 0.1) is 24.2 Å². The molecule has 0 unspecified atom stereocenters. The number of nitriles is 1. The molecule has 2 aromatic carbocycles. The smallest absolute Gasteiger partial charge is 0.129 e. The molecule has 4 nitrogen and oxygen atoms in total. The fourth-order valence-electron chi connectivity index (χ4n) is 3.70. The number of benzene rings is 2. The topological polar surface area (TPSA) is 61.6 Å².